The van der Waals surface area contributed by atoms with E-state index in [1.165, 1.54) is 0 Å². The van der Waals surface area contributed by atoms with E-state index in [9.17, 15) is 4.79 Å². The van der Waals surface area contributed by atoms with Gasteiger partial charge in [0.25, 0.3) is 5.89 Å². The van der Waals surface area contributed by atoms with Crippen LogP contribution in [0.3, 0.4) is 0 Å². The molecule has 0 saturated heterocycles. The molecule has 6 nitrogen and oxygen atoms in total. The molecule has 0 N–H and O–H groups in total. The highest BCUT2D eigenvalue weighted by Crippen LogP contribution is 2.24. The van der Waals surface area contributed by atoms with E-state index in [1.807, 2.05) is 38.1 Å². The molecule has 1 heterocycles. The maximum atomic E-state index is 12.0. The predicted molar refractivity (Wildman–Crippen MR) is 101 cm³/mol. The number of hydrogen-bond donors (Lipinski definition) is 0. The first-order valence-electron chi connectivity index (χ1n) is 8.41. The van der Waals surface area contributed by atoms with Gasteiger partial charge in [-0.05, 0) is 56.7 Å². The van der Waals surface area contributed by atoms with Crippen LogP contribution < -0.4 is 4.74 Å². The Kier molecular flexibility index (Phi) is 5.76. The SMILES string of the molecule is Cc1ccc(-c2nnc(C(C)OC(=O)COc3ccc(Cl)cc3C)o2)cc1. The fraction of sp³-hybridized carbons (Fsp3) is 0.250. The molecule has 2 aromatic carbocycles. The fourth-order valence-electron chi connectivity index (χ4n) is 2.40. The maximum Gasteiger partial charge on any atom is 0.344 e. The molecule has 0 aliphatic rings. The molecule has 3 aromatic rings. The minimum Gasteiger partial charge on any atom is -0.482 e. The van der Waals surface area contributed by atoms with E-state index in [2.05, 4.69) is 10.2 Å². The lowest BCUT2D eigenvalue weighted by Crippen LogP contribution is -2.17. The Morgan fingerprint density at radius 1 is 1.15 bits per heavy atom. The second-order valence-corrected chi connectivity index (χ2v) is 6.58. The molecule has 1 aromatic heterocycles. The largest absolute Gasteiger partial charge is 0.482 e. The summed E-state index contributed by atoms with van der Waals surface area (Å²) in [5.74, 6) is 0.637. The van der Waals surface area contributed by atoms with Gasteiger partial charge in [-0.3, -0.25) is 0 Å². The molecule has 27 heavy (non-hydrogen) atoms. The Balaban J connectivity index is 1.57. The van der Waals surface area contributed by atoms with Gasteiger partial charge >= 0.3 is 5.97 Å². The van der Waals surface area contributed by atoms with Crippen LogP contribution >= 0.6 is 11.6 Å². The van der Waals surface area contributed by atoms with Crippen LogP contribution in [0.5, 0.6) is 5.75 Å². The van der Waals surface area contributed by atoms with Gasteiger partial charge in [-0.1, -0.05) is 29.3 Å². The molecule has 0 radical (unpaired) electrons. The van der Waals surface area contributed by atoms with Crippen molar-refractivity contribution >= 4 is 17.6 Å². The highest BCUT2D eigenvalue weighted by Gasteiger charge is 2.19. The van der Waals surface area contributed by atoms with E-state index >= 15 is 0 Å². The van der Waals surface area contributed by atoms with Crippen LogP contribution in [0, 0.1) is 13.8 Å². The Labute approximate surface area is 162 Å². The summed E-state index contributed by atoms with van der Waals surface area (Å²) in [4.78, 5) is 12.0. The molecule has 0 amide bonds. The first kappa shape index (κ1) is 18.9. The van der Waals surface area contributed by atoms with Gasteiger partial charge in [-0.2, -0.15) is 0 Å². The van der Waals surface area contributed by atoms with Crippen LogP contribution in [0.1, 0.15) is 30.0 Å². The Bertz CT molecular complexity index is 937. The smallest absolute Gasteiger partial charge is 0.344 e. The van der Waals surface area contributed by atoms with Crippen LogP contribution in [0.25, 0.3) is 11.5 Å². The van der Waals surface area contributed by atoms with Crippen LogP contribution in [0.4, 0.5) is 0 Å². The maximum absolute atomic E-state index is 12.0. The van der Waals surface area contributed by atoms with Crippen LogP contribution in [0.15, 0.2) is 46.9 Å². The minimum atomic E-state index is -0.681. The highest BCUT2D eigenvalue weighted by molar-refractivity contribution is 6.30. The van der Waals surface area contributed by atoms with Gasteiger partial charge in [-0.25, -0.2) is 4.79 Å². The Hall–Kier alpha value is -2.86. The second-order valence-electron chi connectivity index (χ2n) is 6.14. The summed E-state index contributed by atoms with van der Waals surface area (Å²) >= 11 is 5.90. The number of aryl methyl sites for hydroxylation is 2. The quantitative estimate of drug-likeness (QED) is 0.572. The summed E-state index contributed by atoms with van der Waals surface area (Å²) in [5.41, 5.74) is 2.78. The average molecular weight is 387 g/mol. The summed E-state index contributed by atoms with van der Waals surface area (Å²) in [6, 6.07) is 12.9. The van der Waals surface area contributed by atoms with Crippen molar-refractivity contribution in [1.29, 1.82) is 0 Å². The lowest BCUT2D eigenvalue weighted by Gasteiger charge is -2.11. The van der Waals surface area contributed by atoms with E-state index in [1.54, 1.807) is 25.1 Å². The lowest BCUT2D eigenvalue weighted by molar-refractivity contribution is -0.152. The molecular weight excluding hydrogens is 368 g/mol. The molecular formula is C20H19ClN2O4. The van der Waals surface area contributed by atoms with E-state index in [4.69, 9.17) is 25.5 Å². The first-order chi connectivity index (χ1) is 12.9. The number of carbonyl (C=O) groups excluding carboxylic acids is 1. The zero-order chi connectivity index (χ0) is 19.4. The van der Waals surface area contributed by atoms with Crippen LogP contribution in [-0.2, 0) is 9.53 Å². The Morgan fingerprint density at radius 2 is 1.89 bits per heavy atom. The average Bonchev–Trinajstić information content (AvgIpc) is 3.12. The third kappa shape index (κ3) is 4.86. The number of nitrogens with zero attached hydrogens (tertiary/aromatic N) is 2. The molecule has 1 atom stereocenters. The number of esters is 1. The molecule has 3 rings (SSSR count). The summed E-state index contributed by atoms with van der Waals surface area (Å²) < 4.78 is 16.4. The molecule has 0 aliphatic heterocycles. The summed E-state index contributed by atoms with van der Waals surface area (Å²) in [7, 11) is 0. The molecule has 0 fully saturated rings. The van der Waals surface area contributed by atoms with E-state index in [0.29, 0.717) is 16.7 Å². The number of aromatic nitrogens is 2. The molecule has 0 bridgehead atoms. The number of benzene rings is 2. The zero-order valence-electron chi connectivity index (χ0n) is 15.2. The number of hydrogen-bond acceptors (Lipinski definition) is 6. The summed E-state index contributed by atoms with van der Waals surface area (Å²) in [6.45, 7) is 5.28. The standard InChI is InChI=1S/C20H19ClN2O4/c1-12-4-6-15(7-5-12)20-23-22-19(27-20)14(3)26-18(24)11-25-17-9-8-16(21)10-13(17)2/h4-10,14H,11H2,1-3H3. The number of carbonyl (C=O) groups is 1. The van der Waals surface area contributed by atoms with Gasteiger partial charge in [0.05, 0.1) is 0 Å². The van der Waals surface area contributed by atoms with Crippen molar-refractivity contribution in [2.45, 2.75) is 26.9 Å². The molecule has 1 unspecified atom stereocenters. The lowest BCUT2D eigenvalue weighted by atomic mass is 10.1. The zero-order valence-corrected chi connectivity index (χ0v) is 16.0. The van der Waals surface area contributed by atoms with Gasteiger partial charge in [-0.15, -0.1) is 10.2 Å². The van der Waals surface area contributed by atoms with Crippen molar-refractivity contribution in [1.82, 2.24) is 10.2 Å². The van der Waals surface area contributed by atoms with Crippen molar-refractivity contribution in [2.75, 3.05) is 6.61 Å². The summed E-state index contributed by atoms with van der Waals surface area (Å²) in [5, 5.41) is 8.58. The highest BCUT2D eigenvalue weighted by atomic mass is 35.5. The van der Waals surface area contributed by atoms with Crippen molar-refractivity contribution < 1.29 is 18.7 Å². The second kappa shape index (κ2) is 8.22. The van der Waals surface area contributed by atoms with Crippen molar-refractivity contribution in [3.8, 4) is 17.2 Å². The van der Waals surface area contributed by atoms with Crippen molar-refractivity contribution in [3.63, 3.8) is 0 Å². The monoisotopic (exact) mass is 386 g/mol. The topological polar surface area (TPSA) is 74.5 Å². The number of rotatable bonds is 6. The van der Waals surface area contributed by atoms with Gasteiger partial charge < -0.3 is 13.9 Å². The molecule has 0 aliphatic carbocycles. The van der Waals surface area contributed by atoms with Crippen LogP contribution in [-0.4, -0.2) is 22.8 Å². The van der Waals surface area contributed by atoms with Gasteiger partial charge in [0.2, 0.25) is 5.89 Å². The van der Waals surface area contributed by atoms with Crippen molar-refractivity contribution in [3.05, 3.63) is 64.5 Å². The molecule has 7 heteroatoms. The first-order valence-corrected chi connectivity index (χ1v) is 8.79. The minimum absolute atomic E-state index is 0.224. The van der Waals surface area contributed by atoms with Gasteiger partial charge in [0.1, 0.15) is 5.75 Å². The molecule has 0 spiro atoms. The van der Waals surface area contributed by atoms with Crippen LogP contribution in [0.2, 0.25) is 5.02 Å². The third-order valence-electron chi connectivity index (χ3n) is 3.88. The predicted octanol–water partition coefficient (Wildman–Crippen LogP) is 4.69. The number of halogens is 1. The molecule has 140 valence electrons. The van der Waals surface area contributed by atoms with E-state index in [-0.39, 0.29) is 12.5 Å². The summed E-state index contributed by atoms with van der Waals surface area (Å²) in [6.07, 6.45) is -0.681. The fourth-order valence-corrected chi connectivity index (χ4v) is 2.63. The number of ether oxygens (including phenoxy) is 2. The van der Waals surface area contributed by atoms with Crippen molar-refractivity contribution in [2.24, 2.45) is 0 Å². The third-order valence-corrected chi connectivity index (χ3v) is 4.11. The van der Waals surface area contributed by atoms with E-state index in [0.717, 1.165) is 16.7 Å². The normalized spacial score (nSPS) is 11.9. The van der Waals surface area contributed by atoms with E-state index < -0.39 is 12.1 Å². The van der Waals surface area contributed by atoms with Gasteiger partial charge in [0.15, 0.2) is 12.7 Å². The van der Waals surface area contributed by atoms with Gasteiger partial charge in [0, 0.05) is 10.6 Å². The Morgan fingerprint density at radius 3 is 2.59 bits per heavy atom. The molecule has 0 saturated carbocycles.